The summed E-state index contributed by atoms with van der Waals surface area (Å²) in [6.07, 6.45) is 4.72. The first-order chi connectivity index (χ1) is 12.1. The number of benzene rings is 2. The summed E-state index contributed by atoms with van der Waals surface area (Å²) in [5, 5.41) is 3.20. The third-order valence-corrected chi connectivity index (χ3v) is 5.34. The molecule has 2 aromatic carbocycles. The Morgan fingerprint density at radius 1 is 1.12 bits per heavy atom. The normalized spacial score (nSPS) is 15.9. The lowest BCUT2D eigenvalue weighted by Gasteiger charge is -2.30. The van der Waals surface area contributed by atoms with Crippen molar-refractivity contribution in [3.8, 4) is 0 Å². The fourth-order valence-corrected chi connectivity index (χ4v) is 3.96. The molecule has 1 aliphatic carbocycles. The highest BCUT2D eigenvalue weighted by atomic mass is 16.5. The third-order valence-electron chi connectivity index (χ3n) is 5.34. The molecule has 2 aromatic rings. The van der Waals surface area contributed by atoms with Crippen LogP contribution in [0.5, 0.6) is 0 Å². The first kappa shape index (κ1) is 17.7. The molecule has 1 saturated carbocycles. The molecule has 0 saturated heterocycles. The molecular weight excluding hydrogens is 310 g/mol. The molecule has 132 valence electrons. The highest BCUT2D eigenvalue weighted by molar-refractivity contribution is 5.95. The fraction of sp³-hybridized carbons (Fsp3) is 0.409. The number of aryl methyl sites for hydroxylation is 1. The molecule has 0 heterocycles. The monoisotopic (exact) mass is 337 g/mol. The van der Waals surface area contributed by atoms with Crippen molar-refractivity contribution in [3.63, 3.8) is 0 Å². The van der Waals surface area contributed by atoms with Gasteiger partial charge in [0.1, 0.15) is 0 Å². The number of methoxy groups -OCH3 is 1. The van der Waals surface area contributed by atoms with Gasteiger partial charge >= 0.3 is 0 Å². The molecule has 0 spiro atoms. The highest BCUT2D eigenvalue weighted by Crippen LogP contribution is 2.40. The van der Waals surface area contributed by atoms with Gasteiger partial charge in [-0.05, 0) is 37.0 Å². The van der Waals surface area contributed by atoms with E-state index in [1.807, 2.05) is 24.3 Å². The van der Waals surface area contributed by atoms with Crippen LogP contribution in [0, 0.1) is 6.92 Å². The van der Waals surface area contributed by atoms with Crippen molar-refractivity contribution in [3.05, 3.63) is 70.8 Å². The van der Waals surface area contributed by atoms with Gasteiger partial charge in [-0.1, -0.05) is 60.9 Å². The summed E-state index contributed by atoms with van der Waals surface area (Å²) < 4.78 is 5.22. The summed E-state index contributed by atoms with van der Waals surface area (Å²) in [5.74, 6) is -0.00780. The second-order valence-corrected chi connectivity index (χ2v) is 7.13. The van der Waals surface area contributed by atoms with Crippen LogP contribution < -0.4 is 5.32 Å². The van der Waals surface area contributed by atoms with Crippen molar-refractivity contribution in [2.24, 2.45) is 0 Å². The molecule has 1 fully saturated rings. The zero-order chi connectivity index (χ0) is 17.7. The van der Waals surface area contributed by atoms with Gasteiger partial charge in [0.2, 0.25) is 0 Å². The van der Waals surface area contributed by atoms with Crippen molar-refractivity contribution in [1.82, 2.24) is 5.32 Å². The second kappa shape index (κ2) is 7.83. The molecule has 25 heavy (non-hydrogen) atoms. The average Bonchev–Trinajstić information content (AvgIpc) is 3.11. The van der Waals surface area contributed by atoms with Crippen molar-refractivity contribution >= 4 is 5.91 Å². The van der Waals surface area contributed by atoms with Gasteiger partial charge in [0.25, 0.3) is 5.91 Å². The number of nitrogens with one attached hydrogen (secondary N) is 1. The van der Waals surface area contributed by atoms with Gasteiger partial charge in [-0.15, -0.1) is 0 Å². The first-order valence-corrected chi connectivity index (χ1v) is 9.07. The Bertz CT molecular complexity index is 732. The predicted molar refractivity (Wildman–Crippen MR) is 101 cm³/mol. The molecule has 3 heteroatoms. The Hall–Kier alpha value is -2.13. The van der Waals surface area contributed by atoms with Crippen LogP contribution in [0.2, 0.25) is 0 Å². The molecule has 1 N–H and O–H groups in total. The molecule has 0 atom stereocenters. The van der Waals surface area contributed by atoms with Crippen molar-refractivity contribution in [1.29, 1.82) is 0 Å². The molecule has 0 radical (unpaired) electrons. The summed E-state index contributed by atoms with van der Waals surface area (Å²) in [7, 11) is 1.65. The smallest absolute Gasteiger partial charge is 0.251 e. The summed E-state index contributed by atoms with van der Waals surface area (Å²) in [6, 6.07) is 16.4. The summed E-state index contributed by atoms with van der Waals surface area (Å²) in [4.78, 5) is 12.8. The van der Waals surface area contributed by atoms with Crippen LogP contribution in [0.3, 0.4) is 0 Å². The minimum Gasteiger partial charge on any atom is -0.380 e. The lowest BCUT2D eigenvalue weighted by Crippen LogP contribution is -2.39. The minimum atomic E-state index is -0.00780. The Kier molecular flexibility index (Phi) is 5.54. The quantitative estimate of drug-likeness (QED) is 0.849. The van der Waals surface area contributed by atoms with Gasteiger partial charge < -0.3 is 10.1 Å². The van der Waals surface area contributed by atoms with E-state index in [2.05, 4.69) is 36.5 Å². The van der Waals surface area contributed by atoms with Gasteiger partial charge in [-0.2, -0.15) is 0 Å². The van der Waals surface area contributed by atoms with Gasteiger partial charge in [-0.3, -0.25) is 4.79 Å². The molecule has 0 aromatic heterocycles. The van der Waals surface area contributed by atoms with Crippen molar-refractivity contribution in [2.75, 3.05) is 13.7 Å². The van der Waals surface area contributed by atoms with E-state index in [1.54, 1.807) is 7.11 Å². The zero-order valence-corrected chi connectivity index (χ0v) is 15.2. The second-order valence-electron chi connectivity index (χ2n) is 7.13. The number of hydrogen-bond donors (Lipinski definition) is 1. The van der Waals surface area contributed by atoms with Gasteiger partial charge in [-0.25, -0.2) is 0 Å². The summed E-state index contributed by atoms with van der Waals surface area (Å²) >= 11 is 0. The van der Waals surface area contributed by atoms with Crippen LogP contribution in [-0.2, 0) is 16.8 Å². The first-order valence-electron chi connectivity index (χ1n) is 9.07. The molecule has 0 bridgehead atoms. The van der Waals surface area contributed by atoms with E-state index in [4.69, 9.17) is 4.74 Å². The summed E-state index contributed by atoms with van der Waals surface area (Å²) in [5.41, 5.74) is 4.34. The average molecular weight is 337 g/mol. The van der Waals surface area contributed by atoms with Crippen LogP contribution >= 0.6 is 0 Å². The lowest BCUT2D eigenvalue weighted by molar-refractivity contribution is 0.0938. The third kappa shape index (κ3) is 3.93. The topological polar surface area (TPSA) is 38.3 Å². The van der Waals surface area contributed by atoms with E-state index in [1.165, 1.54) is 24.0 Å². The van der Waals surface area contributed by atoms with Gasteiger partial charge in [0.15, 0.2) is 0 Å². The van der Waals surface area contributed by atoms with E-state index < -0.39 is 0 Å². The van der Waals surface area contributed by atoms with E-state index in [-0.39, 0.29) is 11.3 Å². The summed E-state index contributed by atoms with van der Waals surface area (Å²) in [6.45, 7) is 3.27. The molecular formula is C22H27NO2. The van der Waals surface area contributed by atoms with Crippen molar-refractivity contribution < 1.29 is 9.53 Å². The maximum absolute atomic E-state index is 12.8. The maximum atomic E-state index is 12.8. The predicted octanol–water partition coefficient (Wildman–Crippen LogP) is 4.38. The Morgan fingerprint density at radius 3 is 2.60 bits per heavy atom. The molecule has 3 rings (SSSR count). The zero-order valence-electron chi connectivity index (χ0n) is 15.2. The van der Waals surface area contributed by atoms with E-state index in [0.29, 0.717) is 18.7 Å². The van der Waals surface area contributed by atoms with Gasteiger partial charge in [0.05, 0.1) is 6.61 Å². The number of carbonyl (C=O) groups excluding carboxylic acids is 1. The molecule has 0 aliphatic heterocycles. The van der Waals surface area contributed by atoms with E-state index in [0.717, 1.165) is 18.4 Å². The van der Waals surface area contributed by atoms with Crippen LogP contribution in [0.15, 0.2) is 48.5 Å². The number of hydrogen-bond acceptors (Lipinski definition) is 2. The molecule has 1 amide bonds. The molecule has 1 aliphatic rings. The van der Waals surface area contributed by atoms with Crippen molar-refractivity contribution in [2.45, 2.75) is 44.6 Å². The fourth-order valence-electron chi connectivity index (χ4n) is 3.96. The Morgan fingerprint density at radius 2 is 1.88 bits per heavy atom. The Balaban J connectivity index is 1.77. The highest BCUT2D eigenvalue weighted by Gasteiger charge is 2.36. The molecule has 3 nitrogen and oxygen atoms in total. The van der Waals surface area contributed by atoms with E-state index >= 15 is 0 Å². The largest absolute Gasteiger partial charge is 0.380 e. The number of rotatable bonds is 6. The van der Waals surface area contributed by atoms with Crippen LogP contribution in [0.4, 0.5) is 0 Å². The SMILES string of the molecule is COCc1ccccc1C(=O)NCC1(c2cccc(C)c2)CCCC1. The van der Waals surface area contributed by atoms with Crippen LogP contribution in [0.25, 0.3) is 0 Å². The van der Waals surface area contributed by atoms with Crippen LogP contribution in [-0.4, -0.2) is 19.6 Å². The lowest BCUT2D eigenvalue weighted by atomic mass is 9.78. The van der Waals surface area contributed by atoms with Crippen LogP contribution in [0.1, 0.15) is 52.7 Å². The van der Waals surface area contributed by atoms with E-state index in [9.17, 15) is 4.79 Å². The van der Waals surface area contributed by atoms with Gasteiger partial charge in [0, 0.05) is 24.6 Å². The standard InChI is InChI=1S/C22H27NO2/c1-17-8-7-10-19(14-17)22(12-5-6-13-22)16-23-21(24)20-11-4-3-9-18(20)15-25-2/h3-4,7-11,14H,5-6,12-13,15-16H2,1-2H3,(H,23,24). The number of amides is 1. The number of carbonyl (C=O) groups is 1. The number of ether oxygens (including phenoxy) is 1. The minimum absolute atomic E-state index is 0.00780. The molecule has 0 unspecified atom stereocenters. The Labute approximate surface area is 150 Å². The maximum Gasteiger partial charge on any atom is 0.251 e.